The third-order valence-electron chi connectivity index (χ3n) is 3.55. The van der Waals surface area contributed by atoms with Gasteiger partial charge in [-0.3, -0.25) is 4.79 Å². The van der Waals surface area contributed by atoms with Gasteiger partial charge < -0.3 is 10.6 Å². The number of hydrogen-bond acceptors (Lipinski definition) is 2. The van der Waals surface area contributed by atoms with E-state index in [0.717, 1.165) is 32.2 Å². The average molecular weight is 338 g/mol. The number of amides is 1. The fourth-order valence-corrected chi connectivity index (χ4v) is 2.85. The minimum atomic E-state index is 0. The van der Waals surface area contributed by atoms with Crippen LogP contribution in [0.4, 0.5) is 0 Å². The second-order valence-electron chi connectivity index (χ2n) is 4.85. The molecule has 1 aromatic carbocycles. The van der Waals surface area contributed by atoms with Crippen LogP contribution in [0.1, 0.15) is 36.0 Å². The summed E-state index contributed by atoms with van der Waals surface area (Å²) < 4.78 is 0. The van der Waals surface area contributed by atoms with Gasteiger partial charge >= 0.3 is 0 Å². The summed E-state index contributed by atoms with van der Waals surface area (Å²) in [4.78, 5) is 14.5. The van der Waals surface area contributed by atoms with Gasteiger partial charge in [-0.05, 0) is 50.4 Å². The van der Waals surface area contributed by atoms with E-state index in [1.807, 2.05) is 4.90 Å². The molecular weight excluding hydrogens is 319 g/mol. The van der Waals surface area contributed by atoms with Crippen LogP contribution >= 0.6 is 35.6 Å². The van der Waals surface area contributed by atoms with Crippen LogP contribution in [-0.2, 0) is 0 Å². The summed E-state index contributed by atoms with van der Waals surface area (Å²) in [7, 11) is 0. The van der Waals surface area contributed by atoms with Crippen molar-refractivity contribution in [3.8, 4) is 0 Å². The van der Waals surface area contributed by atoms with E-state index in [-0.39, 0.29) is 24.4 Å². The van der Waals surface area contributed by atoms with Crippen LogP contribution < -0.4 is 5.73 Å². The highest BCUT2D eigenvalue weighted by atomic mass is 35.5. The van der Waals surface area contributed by atoms with Gasteiger partial charge in [-0.15, -0.1) is 12.4 Å². The summed E-state index contributed by atoms with van der Waals surface area (Å²) in [6.45, 7) is 1.40. The molecule has 0 spiro atoms. The number of halogens is 3. The molecular formula is C14H19Cl3N2O. The highest BCUT2D eigenvalue weighted by Gasteiger charge is 2.27. The minimum absolute atomic E-state index is 0. The van der Waals surface area contributed by atoms with Crippen LogP contribution in [0.3, 0.4) is 0 Å². The molecule has 1 aromatic rings. The molecule has 112 valence electrons. The summed E-state index contributed by atoms with van der Waals surface area (Å²) >= 11 is 11.8. The first-order chi connectivity index (χ1) is 9.13. The molecule has 20 heavy (non-hydrogen) atoms. The van der Waals surface area contributed by atoms with E-state index < -0.39 is 0 Å². The molecule has 2 rings (SSSR count). The molecule has 2 N–H and O–H groups in total. The fourth-order valence-electron chi connectivity index (χ4n) is 2.56. The molecule has 0 saturated carbocycles. The Morgan fingerprint density at radius 1 is 1.30 bits per heavy atom. The van der Waals surface area contributed by atoms with Crippen molar-refractivity contribution in [1.29, 1.82) is 0 Å². The fraction of sp³-hybridized carbons (Fsp3) is 0.500. The Hall–Kier alpha value is -0.480. The number of likely N-dealkylation sites (tertiary alicyclic amines) is 1. The third-order valence-corrected chi connectivity index (χ3v) is 4.29. The van der Waals surface area contributed by atoms with Gasteiger partial charge in [0.25, 0.3) is 5.91 Å². The highest BCUT2D eigenvalue weighted by molar-refractivity contribution is 6.42. The maximum absolute atomic E-state index is 12.5. The van der Waals surface area contributed by atoms with Crippen LogP contribution in [0, 0.1) is 0 Å². The van der Waals surface area contributed by atoms with Gasteiger partial charge in [-0.2, -0.15) is 0 Å². The van der Waals surface area contributed by atoms with Crippen molar-refractivity contribution in [2.75, 3.05) is 13.1 Å². The number of carbonyl (C=O) groups is 1. The van der Waals surface area contributed by atoms with E-state index in [4.69, 9.17) is 28.9 Å². The third kappa shape index (κ3) is 4.01. The van der Waals surface area contributed by atoms with E-state index in [2.05, 4.69) is 0 Å². The lowest BCUT2D eigenvalue weighted by Gasteiger charge is -2.35. The Morgan fingerprint density at radius 3 is 2.70 bits per heavy atom. The maximum Gasteiger partial charge on any atom is 0.254 e. The number of hydrogen-bond donors (Lipinski definition) is 1. The minimum Gasteiger partial charge on any atom is -0.336 e. The first kappa shape index (κ1) is 17.6. The molecule has 1 atom stereocenters. The Kier molecular flexibility index (Phi) is 7.10. The first-order valence-electron chi connectivity index (χ1n) is 6.59. The number of carbonyl (C=O) groups excluding carboxylic acids is 1. The zero-order valence-corrected chi connectivity index (χ0v) is 13.5. The quantitative estimate of drug-likeness (QED) is 0.913. The van der Waals surface area contributed by atoms with Crippen molar-refractivity contribution >= 4 is 41.5 Å². The molecule has 0 aromatic heterocycles. The number of rotatable bonds is 3. The van der Waals surface area contributed by atoms with Crippen molar-refractivity contribution in [1.82, 2.24) is 4.90 Å². The average Bonchev–Trinajstić information content (AvgIpc) is 2.42. The highest BCUT2D eigenvalue weighted by Crippen LogP contribution is 2.26. The second kappa shape index (κ2) is 8.08. The molecule has 1 fully saturated rings. The number of nitrogens with zero attached hydrogens (tertiary/aromatic N) is 1. The van der Waals surface area contributed by atoms with Gasteiger partial charge in [0.2, 0.25) is 0 Å². The zero-order chi connectivity index (χ0) is 13.8. The summed E-state index contributed by atoms with van der Waals surface area (Å²) in [6, 6.07) is 5.28. The number of nitrogens with two attached hydrogens (primary N) is 1. The molecule has 1 aliphatic rings. The lowest BCUT2D eigenvalue weighted by atomic mass is 9.98. The van der Waals surface area contributed by atoms with Crippen LogP contribution in [0.25, 0.3) is 0 Å². The molecule has 3 nitrogen and oxygen atoms in total. The normalized spacial score (nSPS) is 18.6. The van der Waals surface area contributed by atoms with E-state index >= 15 is 0 Å². The Bertz CT molecular complexity index is 466. The summed E-state index contributed by atoms with van der Waals surface area (Å²) in [5.74, 6) is 0.0247. The first-order valence-corrected chi connectivity index (χ1v) is 7.35. The van der Waals surface area contributed by atoms with Crippen LogP contribution in [0.15, 0.2) is 18.2 Å². The lowest BCUT2D eigenvalue weighted by molar-refractivity contribution is 0.0605. The summed E-state index contributed by atoms with van der Waals surface area (Å²) in [5, 5.41) is 0.885. The van der Waals surface area contributed by atoms with Crippen molar-refractivity contribution in [2.45, 2.75) is 31.7 Å². The predicted octanol–water partition coefficient (Wildman–Crippen LogP) is 3.76. The zero-order valence-electron chi connectivity index (χ0n) is 11.1. The van der Waals surface area contributed by atoms with Crippen LogP contribution in [0.2, 0.25) is 10.0 Å². The second-order valence-corrected chi connectivity index (χ2v) is 5.67. The Labute approximate surface area is 135 Å². The van der Waals surface area contributed by atoms with Crippen molar-refractivity contribution < 1.29 is 4.79 Å². The van der Waals surface area contributed by atoms with E-state index in [1.165, 1.54) is 0 Å². The van der Waals surface area contributed by atoms with Crippen molar-refractivity contribution in [2.24, 2.45) is 5.73 Å². The lowest BCUT2D eigenvalue weighted by Crippen LogP contribution is -2.44. The van der Waals surface area contributed by atoms with Gasteiger partial charge in [0, 0.05) is 18.2 Å². The van der Waals surface area contributed by atoms with Crippen molar-refractivity contribution in [3.63, 3.8) is 0 Å². The molecule has 1 saturated heterocycles. The molecule has 0 radical (unpaired) electrons. The topological polar surface area (TPSA) is 46.3 Å². The predicted molar refractivity (Wildman–Crippen MR) is 86.1 cm³/mol. The smallest absolute Gasteiger partial charge is 0.254 e. The van der Waals surface area contributed by atoms with Gasteiger partial charge in [-0.1, -0.05) is 23.2 Å². The van der Waals surface area contributed by atoms with Crippen LogP contribution in [-0.4, -0.2) is 29.9 Å². The number of piperidine rings is 1. The Morgan fingerprint density at radius 2 is 2.05 bits per heavy atom. The largest absolute Gasteiger partial charge is 0.336 e. The summed E-state index contributed by atoms with van der Waals surface area (Å²) in [6.07, 6.45) is 4.10. The van der Waals surface area contributed by atoms with Crippen LogP contribution in [0.5, 0.6) is 0 Å². The maximum atomic E-state index is 12.5. The summed E-state index contributed by atoms with van der Waals surface area (Å²) in [5.41, 5.74) is 6.22. The van der Waals surface area contributed by atoms with Gasteiger partial charge in [-0.25, -0.2) is 0 Å². The molecule has 1 amide bonds. The molecule has 1 aliphatic heterocycles. The van der Waals surface area contributed by atoms with Gasteiger partial charge in [0.05, 0.1) is 10.0 Å². The van der Waals surface area contributed by atoms with Gasteiger partial charge in [0.1, 0.15) is 0 Å². The number of benzene rings is 1. The molecule has 1 heterocycles. The van der Waals surface area contributed by atoms with Gasteiger partial charge in [0.15, 0.2) is 0 Å². The SMILES string of the molecule is Cl.NCCC1CCCCN1C(=O)c1ccc(Cl)c(Cl)c1. The monoisotopic (exact) mass is 336 g/mol. The molecule has 1 unspecified atom stereocenters. The van der Waals surface area contributed by atoms with E-state index in [9.17, 15) is 4.79 Å². The van der Waals surface area contributed by atoms with Crippen molar-refractivity contribution in [3.05, 3.63) is 33.8 Å². The Balaban J connectivity index is 0.00000200. The van der Waals surface area contributed by atoms with E-state index in [1.54, 1.807) is 18.2 Å². The standard InChI is InChI=1S/C14H18Cl2N2O.ClH/c15-12-5-4-10(9-13(12)16)14(19)18-8-2-1-3-11(18)6-7-17;/h4-5,9,11H,1-3,6-8,17H2;1H. The molecule has 6 heteroatoms. The molecule has 0 bridgehead atoms. The molecule has 0 aliphatic carbocycles. The van der Waals surface area contributed by atoms with E-state index in [0.29, 0.717) is 22.2 Å².